The van der Waals surface area contributed by atoms with Crippen LogP contribution in [-0.2, 0) is 19.5 Å². The van der Waals surface area contributed by atoms with Gasteiger partial charge in [0, 0.05) is 24.3 Å². The molecule has 3 aromatic heterocycles. The number of nitrogens with one attached hydrogen (secondary N) is 1. The number of fused-ring (bicyclic) bond motifs is 3. The Morgan fingerprint density at radius 1 is 1.11 bits per heavy atom. The zero-order valence-corrected chi connectivity index (χ0v) is 20.6. The molecule has 4 aromatic rings. The lowest BCUT2D eigenvalue weighted by Crippen LogP contribution is -2.34. The second kappa shape index (κ2) is 9.70. The zero-order valence-electron chi connectivity index (χ0n) is 20.6. The van der Waals surface area contributed by atoms with E-state index in [0.29, 0.717) is 42.2 Å². The molecule has 0 unspecified atom stereocenters. The van der Waals surface area contributed by atoms with Gasteiger partial charge in [-0.15, -0.1) is 0 Å². The summed E-state index contributed by atoms with van der Waals surface area (Å²) in [5.74, 6) is 1.19. The number of rotatable bonds is 4. The molecule has 3 N–H and O–H groups in total. The van der Waals surface area contributed by atoms with Crippen LogP contribution >= 0.6 is 0 Å². The van der Waals surface area contributed by atoms with Gasteiger partial charge in [-0.2, -0.15) is 9.97 Å². The third-order valence-corrected chi connectivity index (χ3v) is 7.14. The monoisotopic (exact) mass is 481 g/mol. The number of nitrogens with two attached hydrogens (primary N) is 1. The fourth-order valence-corrected chi connectivity index (χ4v) is 4.84. The number of imidazole rings is 1. The van der Waals surface area contributed by atoms with Crippen LogP contribution in [-0.4, -0.2) is 37.2 Å². The molecule has 4 bridgehead atoms. The molecule has 184 valence electrons. The van der Waals surface area contributed by atoms with Crippen LogP contribution in [0.4, 0.5) is 5.82 Å². The van der Waals surface area contributed by atoms with Gasteiger partial charge >= 0.3 is 6.01 Å². The number of hydrogen-bond donors (Lipinski definition) is 2. The fourth-order valence-electron chi connectivity index (χ4n) is 4.84. The highest BCUT2D eigenvalue weighted by Gasteiger charge is 2.18. The number of aromatic nitrogens is 5. The molecule has 8 nitrogen and oxygen atoms in total. The standard InChI is InChI=1S/C28H31N7O/c1-18-32-25-26(29)33-28-34-27(25)35(18)17-19-9-12-24(20(14-19)6-3-2-4-13-36-28)21-10-11-23(30-15-21)16-31-22-7-5-8-22/h2-3,9-12,14-15,22,31H,4-8,13,16-17H2,1H3,(H2,29,33,34)/b3-2+. The van der Waals surface area contributed by atoms with E-state index in [4.69, 9.17) is 15.5 Å². The molecular weight excluding hydrogens is 450 g/mol. The maximum Gasteiger partial charge on any atom is 0.320 e. The average Bonchev–Trinajstić information content (AvgIpc) is 3.16. The number of allylic oxidation sites excluding steroid dienone is 1. The first-order valence-corrected chi connectivity index (χ1v) is 12.7. The minimum absolute atomic E-state index is 0.293. The maximum atomic E-state index is 6.18. The van der Waals surface area contributed by atoms with Gasteiger partial charge in [0.1, 0.15) is 5.82 Å². The first-order chi connectivity index (χ1) is 17.6. The third kappa shape index (κ3) is 4.56. The van der Waals surface area contributed by atoms with Crippen molar-refractivity contribution in [3.8, 4) is 17.1 Å². The minimum atomic E-state index is 0.293. The number of aryl methyl sites for hydroxylation is 1. The van der Waals surface area contributed by atoms with Gasteiger partial charge in [-0.1, -0.05) is 42.8 Å². The van der Waals surface area contributed by atoms with E-state index in [9.17, 15) is 0 Å². The highest BCUT2D eigenvalue weighted by molar-refractivity contribution is 5.82. The van der Waals surface area contributed by atoms with Gasteiger partial charge in [0.2, 0.25) is 0 Å². The van der Waals surface area contributed by atoms with Crippen LogP contribution in [0.15, 0.2) is 48.7 Å². The molecule has 4 heterocycles. The highest BCUT2D eigenvalue weighted by Crippen LogP contribution is 2.28. The fraction of sp³-hybridized carbons (Fsp3) is 0.357. The van der Waals surface area contributed by atoms with Crippen LogP contribution in [0.5, 0.6) is 6.01 Å². The van der Waals surface area contributed by atoms with E-state index < -0.39 is 0 Å². The van der Waals surface area contributed by atoms with E-state index in [1.807, 2.05) is 13.1 Å². The van der Waals surface area contributed by atoms with E-state index in [2.05, 4.69) is 67.3 Å². The first kappa shape index (κ1) is 22.7. The summed E-state index contributed by atoms with van der Waals surface area (Å²) < 4.78 is 7.87. The Kier molecular flexibility index (Phi) is 6.11. The van der Waals surface area contributed by atoms with E-state index in [0.717, 1.165) is 36.5 Å². The van der Waals surface area contributed by atoms with Crippen molar-refractivity contribution in [3.63, 3.8) is 0 Å². The van der Waals surface area contributed by atoms with Gasteiger partial charge < -0.3 is 20.4 Å². The summed E-state index contributed by atoms with van der Waals surface area (Å²) in [6.45, 7) is 3.92. The molecule has 0 amide bonds. The van der Waals surface area contributed by atoms with Gasteiger partial charge in [0.05, 0.1) is 18.8 Å². The summed E-state index contributed by atoms with van der Waals surface area (Å²) in [4.78, 5) is 18.3. The van der Waals surface area contributed by atoms with Crippen LogP contribution in [0.25, 0.3) is 22.3 Å². The Balaban J connectivity index is 1.33. The molecule has 36 heavy (non-hydrogen) atoms. The van der Waals surface area contributed by atoms with Gasteiger partial charge in [-0.25, -0.2) is 4.98 Å². The van der Waals surface area contributed by atoms with Crippen LogP contribution < -0.4 is 15.8 Å². The number of benzene rings is 1. The van der Waals surface area contributed by atoms with Crippen molar-refractivity contribution in [2.45, 2.75) is 58.2 Å². The molecule has 0 radical (unpaired) electrons. The van der Waals surface area contributed by atoms with Gasteiger partial charge in [-0.05, 0) is 55.4 Å². The number of nitrogen functional groups attached to an aromatic ring is 1. The van der Waals surface area contributed by atoms with E-state index in [-0.39, 0.29) is 0 Å². The van der Waals surface area contributed by atoms with E-state index in [1.165, 1.54) is 36.0 Å². The number of anilines is 1. The lowest BCUT2D eigenvalue weighted by Gasteiger charge is -2.26. The van der Waals surface area contributed by atoms with Gasteiger partial charge in [0.15, 0.2) is 17.0 Å². The summed E-state index contributed by atoms with van der Waals surface area (Å²) in [6.07, 6.45) is 11.8. The average molecular weight is 482 g/mol. The predicted octanol–water partition coefficient (Wildman–Crippen LogP) is 4.35. The van der Waals surface area contributed by atoms with Crippen LogP contribution in [0.1, 0.15) is 48.3 Å². The molecular formula is C28H31N7O. The molecule has 1 aliphatic carbocycles. The molecule has 2 aliphatic rings. The number of ether oxygens (including phenoxy) is 1. The van der Waals surface area contributed by atoms with Crippen molar-refractivity contribution in [1.82, 2.24) is 29.8 Å². The second-order valence-corrected chi connectivity index (χ2v) is 9.66. The molecule has 1 saturated carbocycles. The topological polar surface area (TPSA) is 104 Å². The van der Waals surface area contributed by atoms with Crippen LogP contribution in [0, 0.1) is 6.92 Å². The molecule has 0 atom stereocenters. The lowest BCUT2D eigenvalue weighted by molar-refractivity contribution is 0.300. The highest BCUT2D eigenvalue weighted by atomic mass is 16.5. The van der Waals surface area contributed by atoms with Crippen molar-refractivity contribution < 1.29 is 4.74 Å². The van der Waals surface area contributed by atoms with Crippen LogP contribution in [0.3, 0.4) is 0 Å². The van der Waals surface area contributed by atoms with Crippen molar-refractivity contribution >= 4 is 17.0 Å². The Bertz CT molecular complexity index is 1420. The largest absolute Gasteiger partial charge is 0.463 e. The summed E-state index contributed by atoms with van der Waals surface area (Å²) in [6, 6.07) is 11.9. The molecule has 6 rings (SSSR count). The molecule has 0 saturated heterocycles. The predicted molar refractivity (Wildman–Crippen MR) is 141 cm³/mol. The van der Waals surface area contributed by atoms with Gasteiger partial charge in [-0.3, -0.25) is 4.98 Å². The third-order valence-electron chi connectivity index (χ3n) is 7.14. The molecule has 1 aliphatic heterocycles. The summed E-state index contributed by atoms with van der Waals surface area (Å²) in [7, 11) is 0. The SMILES string of the molecule is Cc1nc2c(N)nc3nc2n1Cc1ccc(-c2ccc(CNC4CCC4)nc2)c(c1)C/C=C/CCO3. The van der Waals surface area contributed by atoms with Gasteiger partial charge in [0.25, 0.3) is 0 Å². The molecule has 1 fully saturated rings. The maximum absolute atomic E-state index is 6.18. The van der Waals surface area contributed by atoms with Crippen molar-refractivity contribution in [2.24, 2.45) is 0 Å². The summed E-state index contributed by atoms with van der Waals surface area (Å²) in [5, 5.41) is 3.59. The number of hydrogen-bond acceptors (Lipinski definition) is 7. The molecule has 1 aromatic carbocycles. The van der Waals surface area contributed by atoms with Crippen LogP contribution in [0.2, 0.25) is 0 Å². The molecule has 0 spiro atoms. The lowest BCUT2D eigenvalue weighted by atomic mass is 9.93. The van der Waals surface area contributed by atoms with E-state index in [1.54, 1.807) is 0 Å². The minimum Gasteiger partial charge on any atom is -0.463 e. The van der Waals surface area contributed by atoms with Crippen molar-refractivity contribution in [3.05, 3.63) is 71.3 Å². The summed E-state index contributed by atoms with van der Waals surface area (Å²) in [5.41, 5.74) is 13.4. The first-order valence-electron chi connectivity index (χ1n) is 12.7. The zero-order chi connectivity index (χ0) is 24.5. The summed E-state index contributed by atoms with van der Waals surface area (Å²) >= 11 is 0. The number of pyridine rings is 1. The number of nitrogens with zero attached hydrogens (tertiary/aromatic N) is 5. The quantitative estimate of drug-likeness (QED) is 0.418. The van der Waals surface area contributed by atoms with E-state index >= 15 is 0 Å². The Hall–Kier alpha value is -3.78. The Labute approximate surface area is 210 Å². The Morgan fingerprint density at radius 3 is 2.83 bits per heavy atom. The van der Waals surface area contributed by atoms with Crippen molar-refractivity contribution in [2.75, 3.05) is 12.3 Å². The molecule has 8 heteroatoms. The smallest absolute Gasteiger partial charge is 0.320 e. The second-order valence-electron chi connectivity index (χ2n) is 9.66. The van der Waals surface area contributed by atoms with Crippen molar-refractivity contribution in [1.29, 1.82) is 0 Å². The normalized spacial score (nSPS) is 16.9. The Morgan fingerprint density at radius 2 is 2.03 bits per heavy atom.